The number of fused-ring (bicyclic) bond motifs is 1. The van der Waals surface area contributed by atoms with Gasteiger partial charge in [0, 0.05) is 29.2 Å². The number of pyridine rings is 1. The number of halogens is 6. The van der Waals surface area contributed by atoms with Crippen molar-refractivity contribution in [2.45, 2.75) is 38.7 Å². The summed E-state index contributed by atoms with van der Waals surface area (Å²) in [4.78, 5) is 11.4. The van der Waals surface area contributed by atoms with Crippen LogP contribution in [0.3, 0.4) is 0 Å². The van der Waals surface area contributed by atoms with Gasteiger partial charge in [-0.05, 0) is 26.8 Å². The fraction of sp³-hybridized carbons (Fsp3) is 0.353. The Balaban J connectivity index is 2.26. The summed E-state index contributed by atoms with van der Waals surface area (Å²) < 4.78 is 79.9. The Morgan fingerprint density at radius 1 is 0.964 bits per heavy atom. The maximum atomic E-state index is 13.2. The summed E-state index contributed by atoms with van der Waals surface area (Å²) in [6.45, 7) is 3.41. The number of nitrogens with zero attached hydrogens (tertiary/aromatic N) is 4. The molecular formula is C17H14F6N4O. The fourth-order valence-corrected chi connectivity index (χ4v) is 2.70. The molecule has 0 aliphatic rings. The summed E-state index contributed by atoms with van der Waals surface area (Å²) in [6.07, 6.45) is -6.86. The fourth-order valence-electron chi connectivity index (χ4n) is 2.70. The lowest BCUT2D eigenvalue weighted by atomic mass is 9.94. The normalized spacial score (nSPS) is 15.1. The number of aromatic nitrogens is 4. The molecule has 3 rings (SSSR count). The van der Waals surface area contributed by atoms with Gasteiger partial charge in [-0.25, -0.2) is 9.97 Å². The van der Waals surface area contributed by atoms with Crippen molar-refractivity contribution in [1.82, 2.24) is 19.4 Å². The molecule has 5 nitrogen and oxygen atoms in total. The summed E-state index contributed by atoms with van der Waals surface area (Å²) in [5.41, 5.74) is -4.31. The van der Waals surface area contributed by atoms with Crippen molar-refractivity contribution in [3.05, 3.63) is 47.3 Å². The third-order valence-electron chi connectivity index (χ3n) is 4.43. The summed E-state index contributed by atoms with van der Waals surface area (Å²) in [5.74, 6) is 0. The van der Waals surface area contributed by atoms with Crippen LogP contribution in [0.2, 0.25) is 0 Å². The first-order chi connectivity index (χ1) is 12.7. The van der Waals surface area contributed by atoms with Crippen LogP contribution in [0.1, 0.15) is 29.6 Å². The number of aliphatic hydroxyl groups is 1. The molecule has 0 aromatic carbocycles. The molecule has 0 amide bonds. The highest BCUT2D eigenvalue weighted by Crippen LogP contribution is 2.40. The van der Waals surface area contributed by atoms with Crippen LogP contribution in [0.5, 0.6) is 0 Å². The van der Waals surface area contributed by atoms with Crippen molar-refractivity contribution in [3.8, 4) is 11.3 Å². The molecule has 3 heterocycles. The molecule has 1 N–H and O–H groups in total. The van der Waals surface area contributed by atoms with Gasteiger partial charge in [-0.1, -0.05) is 0 Å². The van der Waals surface area contributed by atoms with Gasteiger partial charge >= 0.3 is 12.4 Å². The van der Waals surface area contributed by atoms with Crippen molar-refractivity contribution in [3.63, 3.8) is 0 Å². The van der Waals surface area contributed by atoms with Crippen LogP contribution < -0.4 is 0 Å². The SMILES string of the molecule is Cc1ncc(C(C)(O)C(F)(F)F)cc1-c1cnc2c(C)nc(C(F)(F)F)cn12. The quantitative estimate of drug-likeness (QED) is 0.651. The number of imidazole rings is 1. The monoisotopic (exact) mass is 404 g/mol. The Kier molecular flexibility index (Phi) is 4.41. The summed E-state index contributed by atoms with van der Waals surface area (Å²) in [5, 5.41) is 9.90. The van der Waals surface area contributed by atoms with E-state index in [0.717, 1.165) is 22.9 Å². The van der Waals surface area contributed by atoms with E-state index in [2.05, 4.69) is 15.0 Å². The molecule has 3 aromatic heterocycles. The third-order valence-corrected chi connectivity index (χ3v) is 4.43. The van der Waals surface area contributed by atoms with E-state index >= 15 is 0 Å². The first kappa shape index (κ1) is 20.1. The van der Waals surface area contributed by atoms with Gasteiger partial charge < -0.3 is 5.11 Å². The van der Waals surface area contributed by atoms with E-state index in [9.17, 15) is 31.4 Å². The predicted octanol–water partition coefficient (Wildman–Crippen LogP) is 4.20. The van der Waals surface area contributed by atoms with Crippen LogP contribution >= 0.6 is 0 Å². The van der Waals surface area contributed by atoms with E-state index in [1.807, 2.05) is 0 Å². The standard InChI is InChI=1S/C17H14F6N4O/c1-8-11(4-10(5-24-8)15(3,28)17(21,22)23)12-6-25-14-9(2)26-13(7-27(12)14)16(18,19)20/h4-7,28H,1-3H3. The number of hydrogen-bond donors (Lipinski definition) is 1. The molecule has 0 spiro atoms. The van der Waals surface area contributed by atoms with Gasteiger partial charge in [0.15, 0.2) is 16.9 Å². The second-order valence-electron chi connectivity index (χ2n) is 6.47. The predicted molar refractivity (Wildman–Crippen MR) is 86.3 cm³/mol. The third kappa shape index (κ3) is 3.19. The lowest BCUT2D eigenvalue weighted by Gasteiger charge is -2.27. The van der Waals surface area contributed by atoms with E-state index in [1.54, 1.807) is 0 Å². The lowest BCUT2D eigenvalue weighted by molar-refractivity contribution is -0.259. The van der Waals surface area contributed by atoms with Gasteiger partial charge in [0.25, 0.3) is 0 Å². The van der Waals surface area contributed by atoms with E-state index in [1.165, 1.54) is 20.0 Å². The number of aryl methyl sites for hydroxylation is 2. The largest absolute Gasteiger partial charge is 0.434 e. The maximum absolute atomic E-state index is 13.2. The number of hydrogen-bond acceptors (Lipinski definition) is 4. The first-order valence-corrected chi connectivity index (χ1v) is 7.92. The van der Waals surface area contributed by atoms with Crippen molar-refractivity contribution in [2.75, 3.05) is 0 Å². The molecule has 0 bridgehead atoms. The van der Waals surface area contributed by atoms with Crippen LogP contribution in [0.4, 0.5) is 26.3 Å². The molecule has 1 unspecified atom stereocenters. The van der Waals surface area contributed by atoms with Gasteiger partial charge in [0.1, 0.15) is 0 Å². The molecule has 1 atom stereocenters. The molecule has 150 valence electrons. The van der Waals surface area contributed by atoms with Gasteiger partial charge in [-0.15, -0.1) is 0 Å². The smallest absolute Gasteiger partial charge is 0.376 e. The van der Waals surface area contributed by atoms with E-state index < -0.39 is 29.2 Å². The minimum atomic E-state index is -4.97. The Hall–Kier alpha value is -2.69. The molecule has 0 aliphatic carbocycles. The van der Waals surface area contributed by atoms with Crippen LogP contribution in [0.25, 0.3) is 16.9 Å². The molecule has 3 aromatic rings. The van der Waals surface area contributed by atoms with Gasteiger partial charge in [-0.2, -0.15) is 26.3 Å². The molecule has 0 aliphatic heterocycles. The summed E-state index contributed by atoms with van der Waals surface area (Å²) >= 11 is 0. The van der Waals surface area contributed by atoms with E-state index in [-0.39, 0.29) is 28.3 Å². The molecule has 11 heteroatoms. The zero-order valence-corrected chi connectivity index (χ0v) is 14.8. The highest BCUT2D eigenvalue weighted by Gasteiger charge is 2.51. The Bertz CT molecular complexity index is 1050. The van der Waals surface area contributed by atoms with Crippen LogP contribution in [0.15, 0.2) is 24.7 Å². The van der Waals surface area contributed by atoms with Crippen LogP contribution in [0, 0.1) is 13.8 Å². The van der Waals surface area contributed by atoms with Crippen molar-refractivity contribution in [2.24, 2.45) is 0 Å². The van der Waals surface area contributed by atoms with Crippen LogP contribution in [-0.2, 0) is 11.8 Å². The Morgan fingerprint density at radius 3 is 2.18 bits per heavy atom. The Morgan fingerprint density at radius 2 is 1.61 bits per heavy atom. The van der Waals surface area contributed by atoms with Crippen molar-refractivity contribution in [1.29, 1.82) is 0 Å². The lowest BCUT2D eigenvalue weighted by Crippen LogP contribution is -2.39. The van der Waals surface area contributed by atoms with Crippen molar-refractivity contribution < 1.29 is 31.4 Å². The maximum Gasteiger partial charge on any atom is 0.434 e. The van der Waals surface area contributed by atoms with Crippen LogP contribution in [-0.4, -0.2) is 30.6 Å². The summed E-state index contributed by atoms with van der Waals surface area (Å²) in [7, 11) is 0. The van der Waals surface area contributed by atoms with Gasteiger partial charge in [0.05, 0.1) is 17.6 Å². The molecule has 0 fully saturated rings. The molecule has 0 saturated heterocycles. The second-order valence-corrected chi connectivity index (χ2v) is 6.47. The number of rotatable bonds is 2. The average Bonchev–Trinajstić information content (AvgIpc) is 2.97. The summed E-state index contributed by atoms with van der Waals surface area (Å²) in [6, 6.07) is 1.04. The Labute approximate surface area is 154 Å². The average molecular weight is 404 g/mol. The molecule has 0 radical (unpaired) electrons. The topological polar surface area (TPSA) is 63.3 Å². The molecular weight excluding hydrogens is 390 g/mol. The van der Waals surface area contributed by atoms with Gasteiger partial charge in [-0.3, -0.25) is 9.38 Å². The zero-order chi connectivity index (χ0) is 21.1. The van der Waals surface area contributed by atoms with E-state index in [4.69, 9.17) is 0 Å². The number of alkyl halides is 6. The molecule has 28 heavy (non-hydrogen) atoms. The second kappa shape index (κ2) is 6.16. The molecule has 0 saturated carbocycles. The highest BCUT2D eigenvalue weighted by molar-refractivity contribution is 5.67. The van der Waals surface area contributed by atoms with Gasteiger partial charge in [0.2, 0.25) is 0 Å². The van der Waals surface area contributed by atoms with Crippen molar-refractivity contribution >= 4 is 5.65 Å². The highest BCUT2D eigenvalue weighted by atomic mass is 19.4. The first-order valence-electron chi connectivity index (χ1n) is 7.92. The minimum Gasteiger partial charge on any atom is -0.376 e. The minimum absolute atomic E-state index is 0.00475. The van der Waals surface area contributed by atoms with E-state index in [0.29, 0.717) is 6.92 Å². The zero-order valence-electron chi connectivity index (χ0n) is 14.8.